The van der Waals surface area contributed by atoms with Crippen molar-refractivity contribution in [2.45, 2.75) is 33.1 Å². The topological polar surface area (TPSA) is 70.8 Å². The second-order valence-electron chi connectivity index (χ2n) is 5.70. The van der Waals surface area contributed by atoms with Gasteiger partial charge in [-0.05, 0) is 25.3 Å². The fourth-order valence-electron chi connectivity index (χ4n) is 2.40. The Balaban J connectivity index is 2.18. The Morgan fingerprint density at radius 3 is 2.68 bits per heavy atom. The van der Waals surface area contributed by atoms with Crippen LogP contribution < -0.4 is 0 Å². The summed E-state index contributed by atoms with van der Waals surface area (Å²) < 4.78 is 5.29. The van der Waals surface area contributed by atoms with E-state index in [1.54, 1.807) is 17.9 Å². The van der Waals surface area contributed by atoms with E-state index in [1.165, 1.54) is 6.26 Å². The van der Waals surface area contributed by atoms with Gasteiger partial charge in [0.05, 0.1) is 11.7 Å². The van der Waals surface area contributed by atoms with Crippen molar-refractivity contribution in [1.82, 2.24) is 4.90 Å². The SMILES string of the molecule is CC(C)c1ccoc1C(=O)N1CCC(C)(C(=O)O)C1. The maximum Gasteiger partial charge on any atom is 0.311 e. The van der Waals surface area contributed by atoms with Crippen LogP contribution >= 0.6 is 0 Å². The van der Waals surface area contributed by atoms with Crippen LogP contribution in [0.5, 0.6) is 0 Å². The molecule has 1 atom stereocenters. The number of amides is 1. The Hall–Kier alpha value is -1.78. The second-order valence-corrected chi connectivity index (χ2v) is 5.70. The molecule has 5 nitrogen and oxygen atoms in total. The van der Waals surface area contributed by atoms with Gasteiger partial charge < -0.3 is 14.4 Å². The van der Waals surface area contributed by atoms with Crippen LogP contribution in [-0.2, 0) is 4.79 Å². The number of likely N-dealkylation sites (tertiary alicyclic amines) is 1. The molecule has 1 N–H and O–H groups in total. The molecule has 19 heavy (non-hydrogen) atoms. The number of rotatable bonds is 3. The highest BCUT2D eigenvalue weighted by Gasteiger charge is 2.43. The summed E-state index contributed by atoms with van der Waals surface area (Å²) in [4.78, 5) is 25.1. The summed E-state index contributed by atoms with van der Waals surface area (Å²) in [5.74, 6) is -0.527. The first-order chi connectivity index (χ1) is 8.85. The monoisotopic (exact) mass is 265 g/mol. The number of carbonyl (C=O) groups is 2. The van der Waals surface area contributed by atoms with Gasteiger partial charge in [0.1, 0.15) is 0 Å². The molecule has 0 saturated carbocycles. The predicted molar refractivity (Wildman–Crippen MR) is 69.1 cm³/mol. The number of carbonyl (C=O) groups excluding carboxylic acids is 1. The summed E-state index contributed by atoms with van der Waals surface area (Å²) in [6.07, 6.45) is 1.99. The van der Waals surface area contributed by atoms with Crippen molar-refractivity contribution in [3.8, 4) is 0 Å². The lowest BCUT2D eigenvalue weighted by Crippen LogP contribution is -2.35. The van der Waals surface area contributed by atoms with Crippen LogP contribution in [0.1, 0.15) is 49.2 Å². The third-order valence-electron chi connectivity index (χ3n) is 3.79. The van der Waals surface area contributed by atoms with E-state index in [2.05, 4.69) is 0 Å². The van der Waals surface area contributed by atoms with Crippen molar-refractivity contribution in [1.29, 1.82) is 0 Å². The average molecular weight is 265 g/mol. The number of aliphatic carboxylic acids is 1. The predicted octanol–water partition coefficient (Wildman–Crippen LogP) is 2.34. The molecule has 1 aliphatic heterocycles. The van der Waals surface area contributed by atoms with E-state index in [9.17, 15) is 14.7 Å². The smallest absolute Gasteiger partial charge is 0.311 e. The Labute approximate surface area is 112 Å². The van der Waals surface area contributed by atoms with Crippen molar-refractivity contribution in [2.75, 3.05) is 13.1 Å². The largest absolute Gasteiger partial charge is 0.481 e. The van der Waals surface area contributed by atoms with Gasteiger partial charge in [0.25, 0.3) is 5.91 Å². The standard InChI is InChI=1S/C14H19NO4/c1-9(2)10-4-7-19-11(10)12(16)15-6-5-14(3,8-15)13(17)18/h4,7,9H,5-6,8H2,1-3H3,(H,17,18). The minimum atomic E-state index is -0.855. The number of carboxylic acid groups (broad SMARTS) is 1. The first kappa shape index (κ1) is 13.6. The minimum Gasteiger partial charge on any atom is -0.481 e. The van der Waals surface area contributed by atoms with Crippen LogP contribution in [0.4, 0.5) is 0 Å². The Bertz CT molecular complexity index is 505. The normalized spacial score (nSPS) is 23.1. The van der Waals surface area contributed by atoms with E-state index in [0.29, 0.717) is 18.7 Å². The third kappa shape index (κ3) is 2.37. The van der Waals surface area contributed by atoms with Crippen LogP contribution in [0.25, 0.3) is 0 Å². The highest BCUT2D eigenvalue weighted by atomic mass is 16.4. The molecule has 1 aromatic rings. The first-order valence-electron chi connectivity index (χ1n) is 6.45. The molecule has 0 spiro atoms. The molecule has 2 rings (SSSR count). The van der Waals surface area contributed by atoms with Crippen molar-refractivity contribution in [3.63, 3.8) is 0 Å². The van der Waals surface area contributed by atoms with Crippen LogP contribution in [0, 0.1) is 5.41 Å². The maximum absolute atomic E-state index is 12.4. The molecule has 1 saturated heterocycles. The Kier molecular flexibility index (Phi) is 3.39. The van der Waals surface area contributed by atoms with Gasteiger partial charge in [0, 0.05) is 18.7 Å². The second kappa shape index (κ2) is 4.72. The van der Waals surface area contributed by atoms with Gasteiger partial charge in [0.2, 0.25) is 0 Å². The van der Waals surface area contributed by atoms with Gasteiger partial charge >= 0.3 is 5.97 Å². The molecule has 0 aromatic carbocycles. The van der Waals surface area contributed by atoms with E-state index in [-0.39, 0.29) is 18.4 Å². The maximum atomic E-state index is 12.4. The van der Waals surface area contributed by atoms with E-state index < -0.39 is 11.4 Å². The highest BCUT2D eigenvalue weighted by molar-refractivity contribution is 5.94. The minimum absolute atomic E-state index is 0.200. The zero-order valence-corrected chi connectivity index (χ0v) is 11.5. The van der Waals surface area contributed by atoms with Crippen molar-refractivity contribution < 1.29 is 19.1 Å². The molecule has 1 aliphatic rings. The summed E-state index contributed by atoms with van der Waals surface area (Å²) >= 11 is 0. The summed E-state index contributed by atoms with van der Waals surface area (Å²) in [5, 5.41) is 9.18. The van der Waals surface area contributed by atoms with Gasteiger partial charge in [-0.1, -0.05) is 13.8 Å². The molecule has 0 radical (unpaired) electrons. The Morgan fingerprint density at radius 1 is 1.47 bits per heavy atom. The number of furan rings is 1. The quantitative estimate of drug-likeness (QED) is 0.910. The van der Waals surface area contributed by atoms with E-state index in [0.717, 1.165) is 5.56 Å². The van der Waals surface area contributed by atoms with E-state index >= 15 is 0 Å². The number of carboxylic acids is 1. The summed E-state index contributed by atoms with van der Waals surface area (Å²) in [6, 6.07) is 1.80. The molecule has 0 bridgehead atoms. The average Bonchev–Trinajstić information content (AvgIpc) is 2.95. The first-order valence-corrected chi connectivity index (χ1v) is 6.45. The molecular weight excluding hydrogens is 246 g/mol. The zero-order chi connectivity index (χ0) is 14.2. The molecule has 1 aromatic heterocycles. The lowest BCUT2D eigenvalue weighted by atomic mass is 9.90. The van der Waals surface area contributed by atoms with Gasteiger partial charge in [-0.25, -0.2) is 0 Å². The van der Waals surface area contributed by atoms with Crippen LogP contribution in [0.2, 0.25) is 0 Å². The molecule has 2 heterocycles. The number of hydrogen-bond acceptors (Lipinski definition) is 3. The molecule has 0 aliphatic carbocycles. The molecule has 1 fully saturated rings. The van der Waals surface area contributed by atoms with Gasteiger partial charge in [-0.15, -0.1) is 0 Å². The number of nitrogens with zero attached hydrogens (tertiary/aromatic N) is 1. The van der Waals surface area contributed by atoms with Gasteiger partial charge in [-0.3, -0.25) is 9.59 Å². The fourth-order valence-corrected chi connectivity index (χ4v) is 2.40. The lowest BCUT2D eigenvalue weighted by Gasteiger charge is -2.20. The van der Waals surface area contributed by atoms with Crippen LogP contribution in [-0.4, -0.2) is 35.0 Å². The van der Waals surface area contributed by atoms with Crippen molar-refractivity contribution >= 4 is 11.9 Å². The molecule has 5 heteroatoms. The van der Waals surface area contributed by atoms with Crippen LogP contribution in [0.15, 0.2) is 16.7 Å². The van der Waals surface area contributed by atoms with Crippen molar-refractivity contribution in [3.05, 3.63) is 23.7 Å². The molecule has 104 valence electrons. The summed E-state index contributed by atoms with van der Waals surface area (Å²) in [7, 11) is 0. The zero-order valence-electron chi connectivity index (χ0n) is 11.5. The third-order valence-corrected chi connectivity index (χ3v) is 3.79. The van der Waals surface area contributed by atoms with Crippen LogP contribution in [0.3, 0.4) is 0 Å². The molecule has 1 amide bonds. The van der Waals surface area contributed by atoms with E-state index in [1.807, 2.05) is 13.8 Å². The highest BCUT2D eigenvalue weighted by Crippen LogP contribution is 2.32. The number of hydrogen-bond donors (Lipinski definition) is 1. The van der Waals surface area contributed by atoms with Gasteiger partial charge in [0.15, 0.2) is 5.76 Å². The molecular formula is C14H19NO4. The lowest BCUT2D eigenvalue weighted by molar-refractivity contribution is -0.147. The fraction of sp³-hybridized carbons (Fsp3) is 0.571. The van der Waals surface area contributed by atoms with Crippen molar-refractivity contribution in [2.24, 2.45) is 5.41 Å². The summed E-state index contributed by atoms with van der Waals surface area (Å²) in [6.45, 7) is 6.35. The summed E-state index contributed by atoms with van der Waals surface area (Å²) in [5.41, 5.74) is 0.0224. The Morgan fingerprint density at radius 2 is 2.16 bits per heavy atom. The van der Waals surface area contributed by atoms with Gasteiger partial charge in [-0.2, -0.15) is 0 Å². The van der Waals surface area contributed by atoms with E-state index in [4.69, 9.17) is 4.42 Å². The molecule has 1 unspecified atom stereocenters.